The zero-order chi connectivity index (χ0) is 14.2. The first-order valence-electron chi connectivity index (χ1n) is 6.35. The van der Waals surface area contributed by atoms with E-state index in [0.29, 0.717) is 12.3 Å². The highest BCUT2D eigenvalue weighted by Crippen LogP contribution is 2.21. The van der Waals surface area contributed by atoms with Gasteiger partial charge in [-0.05, 0) is 12.1 Å². The van der Waals surface area contributed by atoms with E-state index in [2.05, 4.69) is 5.32 Å². The minimum Gasteiger partial charge on any atom is -0.478 e. The van der Waals surface area contributed by atoms with Gasteiger partial charge < -0.3 is 15.2 Å². The Labute approximate surface area is 118 Å². The van der Waals surface area contributed by atoms with E-state index in [-0.39, 0.29) is 13.2 Å². The normalized spacial score (nSPS) is 9.80. The van der Waals surface area contributed by atoms with Crippen molar-refractivity contribution in [1.82, 2.24) is 0 Å². The number of hydrogen-bond acceptors (Lipinski definition) is 4. The summed E-state index contributed by atoms with van der Waals surface area (Å²) < 4.78 is 5.38. The van der Waals surface area contributed by atoms with Gasteiger partial charge in [0.1, 0.15) is 11.8 Å². The summed E-state index contributed by atoms with van der Waals surface area (Å²) in [6.45, 7) is 0.596. The molecule has 20 heavy (non-hydrogen) atoms. The number of hydrogen-bond donors (Lipinski definition) is 2. The summed E-state index contributed by atoms with van der Waals surface area (Å²) >= 11 is 0. The van der Waals surface area contributed by atoms with E-state index in [9.17, 15) is 5.11 Å². The number of nitrogens with one attached hydrogen (secondary N) is 1. The fourth-order valence-corrected chi connectivity index (χ4v) is 1.92. The summed E-state index contributed by atoms with van der Waals surface area (Å²) in [5.41, 5.74) is 2.71. The van der Waals surface area contributed by atoms with Crippen molar-refractivity contribution in [3.63, 3.8) is 0 Å². The predicted molar refractivity (Wildman–Crippen MR) is 77.2 cm³/mol. The maximum Gasteiger partial charge on any atom is 0.174 e. The molecule has 0 atom stereocenters. The number of ether oxygens (including phenoxy) is 1. The Hall–Kier alpha value is -2.51. The maximum atomic E-state index is 9.29. The van der Waals surface area contributed by atoms with Crippen molar-refractivity contribution in [3.8, 4) is 11.8 Å². The number of nitriles is 1. The summed E-state index contributed by atoms with van der Waals surface area (Å²) in [4.78, 5) is 0. The lowest BCUT2D eigenvalue weighted by molar-refractivity contribution is 0.282. The van der Waals surface area contributed by atoms with E-state index in [1.165, 1.54) is 0 Å². The molecule has 0 amide bonds. The van der Waals surface area contributed by atoms with Gasteiger partial charge in [-0.25, -0.2) is 0 Å². The van der Waals surface area contributed by atoms with Gasteiger partial charge in [0.2, 0.25) is 0 Å². The van der Waals surface area contributed by atoms with Gasteiger partial charge in [0.05, 0.1) is 6.61 Å². The Morgan fingerprint density at radius 2 is 1.75 bits per heavy atom. The van der Waals surface area contributed by atoms with Crippen molar-refractivity contribution >= 4 is 5.69 Å². The quantitative estimate of drug-likeness (QED) is 0.845. The average Bonchev–Trinajstić information content (AvgIpc) is 2.52. The minimum absolute atomic E-state index is 0.00421. The molecule has 0 saturated carbocycles. The zero-order valence-electron chi connectivity index (χ0n) is 11.0. The van der Waals surface area contributed by atoms with Crippen LogP contribution in [0.3, 0.4) is 0 Å². The standard InChI is InChI=1S/C16H16N2O2/c17-9-10-20-16-8-4-2-5-13(16)11-18-15-7-3-1-6-14(15)12-19/h1-8,18-19H,10-12H2. The van der Waals surface area contributed by atoms with E-state index in [0.717, 1.165) is 16.8 Å². The highest BCUT2D eigenvalue weighted by Gasteiger charge is 2.04. The van der Waals surface area contributed by atoms with Crippen molar-refractivity contribution in [2.75, 3.05) is 11.9 Å². The van der Waals surface area contributed by atoms with Crippen LogP contribution < -0.4 is 10.1 Å². The third-order valence-corrected chi connectivity index (χ3v) is 2.92. The van der Waals surface area contributed by atoms with Gasteiger partial charge in [-0.2, -0.15) is 5.26 Å². The number of rotatable bonds is 6. The third-order valence-electron chi connectivity index (χ3n) is 2.92. The molecule has 0 fully saturated rings. The van der Waals surface area contributed by atoms with Crippen LogP contribution in [-0.2, 0) is 13.2 Å². The van der Waals surface area contributed by atoms with E-state index >= 15 is 0 Å². The Bertz CT molecular complexity index is 605. The van der Waals surface area contributed by atoms with Crippen LogP contribution in [0.15, 0.2) is 48.5 Å². The molecule has 4 nitrogen and oxygen atoms in total. The van der Waals surface area contributed by atoms with Gasteiger partial charge in [0.15, 0.2) is 6.61 Å². The molecule has 0 heterocycles. The molecule has 0 aliphatic carbocycles. The summed E-state index contributed by atoms with van der Waals surface area (Å²) in [5, 5.41) is 21.1. The third kappa shape index (κ3) is 3.50. The Morgan fingerprint density at radius 3 is 2.50 bits per heavy atom. The number of benzene rings is 2. The van der Waals surface area contributed by atoms with E-state index in [4.69, 9.17) is 10.00 Å². The van der Waals surface area contributed by atoms with E-state index < -0.39 is 0 Å². The summed E-state index contributed by atoms with van der Waals surface area (Å²) in [6.07, 6.45) is 0. The van der Waals surface area contributed by atoms with Gasteiger partial charge in [-0.3, -0.25) is 0 Å². The van der Waals surface area contributed by atoms with Crippen LogP contribution in [0, 0.1) is 11.3 Å². The van der Waals surface area contributed by atoms with Gasteiger partial charge >= 0.3 is 0 Å². The first-order chi connectivity index (χ1) is 9.85. The van der Waals surface area contributed by atoms with Crippen LogP contribution in [0.1, 0.15) is 11.1 Å². The molecule has 0 spiro atoms. The van der Waals surface area contributed by atoms with E-state index in [1.54, 1.807) is 0 Å². The molecule has 0 radical (unpaired) electrons. The molecule has 0 unspecified atom stereocenters. The van der Waals surface area contributed by atoms with Crippen molar-refractivity contribution in [2.45, 2.75) is 13.2 Å². The fourth-order valence-electron chi connectivity index (χ4n) is 1.92. The van der Waals surface area contributed by atoms with Crippen LogP contribution in [-0.4, -0.2) is 11.7 Å². The highest BCUT2D eigenvalue weighted by molar-refractivity contribution is 5.51. The summed E-state index contributed by atoms with van der Waals surface area (Å²) in [5.74, 6) is 0.697. The largest absolute Gasteiger partial charge is 0.478 e. The van der Waals surface area contributed by atoms with Crippen molar-refractivity contribution in [2.24, 2.45) is 0 Å². The molecular formula is C16H16N2O2. The molecular weight excluding hydrogens is 252 g/mol. The second-order valence-electron chi connectivity index (χ2n) is 4.22. The number of nitrogens with zero attached hydrogens (tertiary/aromatic N) is 1. The monoisotopic (exact) mass is 268 g/mol. The molecule has 2 rings (SSSR count). The minimum atomic E-state index is -0.00421. The maximum absolute atomic E-state index is 9.29. The lowest BCUT2D eigenvalue weighted by atomic mass is 10.1. The smallest absolute Gasteiger partial charge is 0.174 e. The van der Waals surface area contributed by atoms with Crippen LogP contribution in [0.5, 0.6) is 5.75 Å². The van der Waals surface area contributed by atoms with Crippen LogP contribution >= 0.6 is 0 Å². The van der Waals surface area contributed by atoms with Gasteiger partial charge in [-0.1, -0.05) is 36.4 Å². The lowest BCUT2D eigenvalue weighted by Crippen LogP contribution is -2.05. The number of anilines is 1. The lowest BCUT2D eigenvalue weighted by Gasteiger charge is -2.13. The van der Waals surface area contributed by atoms with Gasteiger partial charge in [0, 0.05) is 23.4 Å². The van der Waals surface area contributed by atoms with E-state index in [1.807, 2.05) is 54.6 Å². The van der Waals surface area contributed by atoms with Crippen molar-refractivity contribution in [1.29, 1.82) is 5.26 Å². The Morgan fingerprint density at radius 1 is 1.05 bits per heavy atom. The molecule has 0 aromatic heterocycles. The Balaban J connectivity index is 2.09. The summed E-state index contributed by atoms with van der Waals surface area (Å²) in [6, 6.07) is 17.1. The summed E-state index contributed by atoms with van der Waals surface area (Å²) in [7, 11) is 0. The predicted octanol–water partition coefficient (Wildman–Crippen LogP) is 2.69. The molecule has 2 aromatic carbocycles. The topological polar surface area (TPSA) is 65.3 Å². The molecule has 0 bridgehead atoms. The fraction of sp³-hybridized carbons (Fsp3) is 0.188. The molecule has 0 aliphatic rings. The number of aliphatic hydroxyl groups is 1. The molecule has 0 aliphatic heterocycles. The molecule has 102 valence electrons. The molecule has 0 saturated heterocycles. The average molecular weight is 268 g/mol. The first-order valence-corrected chi connectivity index (χ1v) is 6.35. The van der Waals surface area contributed by atoms with Gasteiger partial charge in [0.25, 0.3) is 0 Å². The Kier molecular flexibility index (Phi) is 4.99. The van der Waals surface area contributed by atoms with Crippen molar-refractivity contribution in [3.05, 3.63) is 59.7 Å². The SMILES string of the molecule is N#CCOc1ccccc1CNc1ccccc1CO. The first kappa shape index (κ1) is 13.9. The number of aliphatic hydroxyl groups excluding tert-OH is 1. The van der Waals surface area contributed by atoms with Crippen LogP contribution in [0.4, 0.5) is 5.69 Å². The second kappa shape index (κ2) is 7.17. The van der Waals surface area contributed by atoms with Crippen LogP contribution in [0.25, 0.3) is 0 Å². The second-order valence-corrected chi connectivity index (χ2v) is 4.22. The van der Waals surface area contributed by atoms with Gasteiger partial charge in [-0.15, -0.1) is 0 Å². The molecule has 4 heteroatoms. The highest BCUT2D eigenvalue weighted by atomic mass is 16.5. The molecule has 2 N–H and O–H groups in total. The zero-order valence-corrected chi connectivity index (χ0v) is 11.0. The van der Waals surface area contributed by atoms with Crippen LogP contribution in [0.2, 0.25) is 0 Å². The number of para-hydroxylation sites is 2. The van der Waals surface area contributed by atoms with Crippen molar-refractivity contribution < 1.29 is 9.84 Å². The molecule has 2 aromatic rings.